The van der Waals surface area contributed by atoms with E-state index < -0.39 is 6.03 Å². The second-order valence-electron chi connectivity index (χ2n) is 4.31. The maximum absolute atomic E-state index is 12.0. The summed E-state index contributed by atoms with van der Waals surface area (Å²) in [7, 11) is 0. The Kier molecular flexibility index (Phi) is 4.52. The Morgan fingerprint density at radius 2 is 1.95 bits per heavy atom. The first kappa shape index (κ1) is 14.5. The first-order chi connectivity index (χ1) is 10.1. The van der Waals surface area contributed by atoms with E-state index in [4.69, 9.17) is 11.5 Å². The summed E-state index contributed by atoms with van der Waals surface area (Å²) in [5, 5.41) is 5.12. The number of hydrogen-bond donors (Lipinski definition) is 4. The molecule has 0 aliphatic heterocycles. The highest BCUT2D eigenvalue weighted by atomic mass is 16.2. The van der Waals surface area contributed by atoms with Gasteiger partial charge < -0.3 is 26.7 Å². The lowest BCUT2D eigenvalue weighted by atomic mass is 10.2. The van der Waals surface area contributed by atoms with E-state index in [0.29, 0.717) is 24.5 Å². The van der Waals surface area contributed by atoms with E-state index in [0.717, 1.165) is 0 Å². The second kappa shape index (κ2) is 6.53. The van der Waals surface area contributed by atoms with E-state index >= 15 is 0 Å². The van der Waals surface area contributed by atoms with Crippen LogP contribution in [0.15, 0.2) is 36.8 Å². The number of imidazole rings is 1. The van der Waals surface area contributed by atoms with Crippen LogP contribution in [-0.4, -0.2) is 28.0 Å². The molecule has 0 aliphatic carbocycles. The fourth-order valence-corrected chi connectivity index (χ4v) is 1.76. The largest absolute Gasteiger partial charge is 0.351 e. The van der Waals surface area contributed by atoms with Crippen LogP contribution < -0.4 is 22.1 Å². The summed E-state index contributed by atoms with van der Waals surface area (Å²) < 4.78 is 1.74. The zero-order chi connectivity index (χ0) is 15.2. The van der Waals surface area contributed by atoms with E-state index in [-0.39, 0.29) is 11.6 Å². The van der Waals surface area contributed by atoms with Crippen molar-refractivity contribution in [2.45, 2.75) is 6.54 Å². The van der Waals surface area contributed by atoms with Crippen LogP contribution in [0.3, 0.4) is 0 Å². The number of primary amides is 1. The summed E-state index contributed by atoms with van der Waals surface area (Å²) in [6, 6.07) is 5.98. The Morgan fingerprint density at radius 1 is 1.24 bits per heavy atom. The van der Waals surface area contributed by atoms with E-state index in [1.54, 1.807) is 41.4 Å². The van der Waals surface area contributed by atoms with Gasteiger partial charge in [-0.25, -0.2) is 9.78 Å². The first-order valence-corrected chi connectivity index (χ1v) is 6.28. The lowest BCUT2D eigenvalue weighted by Gasteiger charge is -2.06. The van der Waals surface area contributed by atoms with Crippen LogP contribution in [0, 0.1) is 0 Å². The number of urea groups is 1. The molecule has 0 spiro atoms. The average Bonchev–Trinajstić information content (AvgIpc) is 2.87. The number of carbonyl (C=O) groups excluding carboxylic acids is 2. The average molecular weight is 288 g/mol. The highest BCUT2D eigenvalue weighted by Crippen LogP contribution is 2.15. The quantitative estimate of drug-likeness (QED) is 0.641. The molecular formula is C13H16N6O2. The molecule has 8 heteroatoms. The van der Waals surface area contributed by atoms with E-state index in [9.17, 15) is 9.59 Å². The molecule has 0 fully saturated rings. The standard InChI is InChI=1S/C13H16N6O2/c14-4-5-19-7-11(16-8-19)12(20)17-9-2-1-3-10(6-9)18-13(15)21/h1-3,6-8H,4-5,14H2,(H,17,20)(H3,15,18,21). The van der Waals surface area contributed by atoms with Gasteiger partial charge in [0, 0.05) is 30.7 Å². The zero-order valence-electron chi connectivity index (χ0n) is 11.2. The number of anilines is 2. The Balaban J connectivity index is 2.06. The third kappa shape index (κ3) is 4.05. The molecule has 0 aliphatic rings. The maximum atomic E-state index is 12.0. The molecule has 6 N–H and O–H groups in total. The smallest absolute Gasteiger partial charge is 0.316 e. The SMILES string of the molecule is NCCn1cnc(C(=O)Nc2cccc(NC(N)=O)c2)c1. The van der Waals surface area contributed by atoms with Crippen molar-refractivity contribution in [2.75, 3.05) is 17.2 Å². The number of hydrogen-bond acceptors (Lipinski definition) is 4. The van der Waals surface area contributed by atoms with Gasteiger partial charge in [0.2, 0.25) is 0 Å². The van der Waals surface area contributed by atoms with Crippen molar-refractivity contribution in [3.8, 4) is 0 Å². The molecule has 0 radical (unpaired) electrons. The van der Waals surface area contributed by atoms with Crippen molar-refractivity contribution in [3.63, 3.8) is 0 Å². The maximum Gasteiger partial charge on any atom is 0.316 e. The highest BCUT2D eigenvalue weighted by molar-refractivity contribution is 6.03. The number of benzene rings is 1. The lowest BCUT2D eigenvalue weighted by molar-refractivity contribution is 0.102. The number of nitrogens with one attached hydrogen (secondary N) is 2. The van der Waals surface area contributed by atoms with Crippen LogP contribution in [0.1, 0.15) is 10.5 Å². The van der Waals surface area contributed by atoms with Crippen LogP contribution in [0.2, 0.25) is 0 Å². The first-order valence-electron chi connectivity index (χ1n) is 6.28. The molecule has 0 saturated heterocycles. The fourth-order valence-electron chi connectivity index (χ4n) is 1.76. The molecule has 21 heavy (non-hydrogen) atoms. The summed E-state index contributed by atoms with van der Waals surface area (Å²) in [4.78, 5) is 26.8. The molecule has 0 unspecified atom stereocenters. The van der Waals surface area contributed by atoms with Gasteiger partial charge in [-0.15, -0.1) is 0 Å². The molecule has 8 nitrogen and oxygen atoms in total. The van der Waals surface area contributed by atoms with Gasteiger partial charge in [0.05, 0.1) is 6.33 Å². The fraction of sp³-hybridized carbons (Fsp3) is 0.154. The Morgan fingerprint density at radius 3 is 2.62 bits per heavy atom. The summed E-state index contributed by atoms with van der Waals surface area (Å²) >= 11 is 0. The molecule has 1 aromatic heterocycles. The minimum atomic E-state index is -0.668. The molecule has 3 amide bonds. The molecule has 2 rings (SSSR count). The van der Waals surface area contributed by atoms with Gasteiger partial charge in [-0.05, 0) is 18.2 Å². The summed E-state index contributed by atoms with van der Waals surface area (Å²) in [5.74, 6) is -0.345. The molecule has 2 aromatic rings. The van der Waals surface area contributed by atoms with Gasteiger partial charge in [0.15, 0.2) is 0 Å². The molecule has 110 valence electrons. The Bertz CT molecular complexity index is 652. The van der Waals surface area contributed by atoms with Crippen LogP contribution >= 0.6 is 0 Å². The Labute approximate surface area is 121 Å². The third-order valence-corrected chi connectivity index (χ3v) is 2.64. The predicted octanol–water partition coefficient (Wildman–Crippen LogP) is 0.585. The summed E-state index contributed by atoms with van der Waals surface area (Å²) in [6.07, 6.45) is 3.17. The van der Waals surface area contributed by atoms with Gasteiger partial charge in [-0.2, -0.15) is 0 Å². The minimum absolute atomic E-state index is 0.289. The van der Waals surface area contributed by atoms with Crippen LogP contribution in [0.4, 0.5) is 16.2 Å². The van der Waals surface area contributed by atoms with Crippen molar-refractivity contribution in [1.29, 1.82) is 0 Å². The van der Waals surface area contributed by atoms with Crippen LogP contribution in [0.5, 0.6) is 0 Å². The van der Waals surface area contributed by atoms with Crippen molar-refractivity contribution < 1.29 is 9.59 Å². The molecule has 1 heterocycles. The number of nitrogens with two attached hydrogens (primary N) is 2. The van der Waals surface area contributed by atoms with Crippen molar-refractivity contribution in [1.82, 2.24) is 9.55 Å². The van der Waals surface area contributed by atoms with Gasteiger partial charge in [0.25, 0.3) is 5.91 Å². The predicted molar refractivity (Wildman–Crippen MR) is 78.9 cm³/mol. The molecule has 1 aromatic carbocycles. The second-order valence-corrected chi connectivity index (χ2v) is 4.31. The number of aromatic nitrogens is 2. The van der Waals surface area contributed by atoms with Gasteiger partial charge in [-0.3, -0.25) is 4.79 Å². The van der Waals surface area contributed by atoms with Gasteiger partial charge in [-0.1, -0.05) is 6.07 Å². The molecule has 0 bridgehead atoms. The van der Waals surface area contributed by atoms with E-state index in [1.807, 2.05) is 0 Å². The van der Waals surface area contributed by atoms with Crippen molar-refractivity contribution in [3.05, 3.63) is 42.5 Å². The minimum Gasteiger partial charge on any atom is -0.351 e. The summed E-state index contributed by atoms with van der Waals surface area (Å²) in [5.41, 5.74) is 11.8. The third-order valence-electron chi connectivity index (χ3n) is 2.64. The molecular weight excluding hydrogens is 272 g/mol. The van der Waals surface area contributed by atoms with Gasteiger partial charge >= 0.3 is 6.03 Å². The molecule has 0 saturated carbocycles. The zero-order valence-corrected chi connectivity index (χ0v) is 11.2. The highest BCUT2D eigenvalue weighted by Gasteiger charge is 2.10. The van der Waals surface area contributed by atoms with E-state index in [2.05, 4.69) is 15.6 Å². The van der Waals surface area contributed by atoms with Gasteiger partial charge in [0.1, 0.15) is 5.69 Å². The number of nitrogens with zero attached hydrogens (tertiary/aromatic N) is 2. The van der Waals surface area contributed by atoms with Crippen LogP contribution in [0.25, 0.3) is 0 Å². The number of rotatable bonds is 5. The van der Waals surface area contributed by atoms with Crippen molar-refractivity contribution >= 4 is 23.3 Å². The van der Waals surface area contributed by atoms with E-state index in [1.165, 1.54) is 0 Å². The molecule has 0 atom stereocenters. The topological polar surface area (TPSA) is 128 Å². The van der Waals surface area contributed by atoms with Crippen LogP contribution in [-0.2, 0) is 6.54 Å². The monoisotopic (exact) mass is 288 g/mol. The Hall–Kier alpha value is -2.87. The lowest BCUT2D eigenvalue weighted by Crippen LogP contribution is -2.19. The number of carbonyl (C=O) groups is 2. The normalized spacial score (nSPS) is 10.1. The number of amides is 3. The summed E-state index contributed by atoms with van der Waals surface area (Å²) in [6.45, 7) is 1.07. The van der Waals surface area contributed by atoms with Crippen molar-refractivity contribution in [2.24, 2.45) is 11.5 Å².